The van der Waals surface area contributed by atoms with Gasteiger partial charge in [-0.25, -0.2) is 0 Å². The first kappa shape index (κ1) is 22.9. The van der Waals surface area contributed by atoms with Crippen LogP contribution in [0.3, 0.4) is 0 Å². The summed E-state index contributed by atoms with van der Waals surface area (Å²) in [4.78, 5) is 15.1. The molecule has 0 bridgehead atoms. The summed E-state index contributed by atoms with van der Waals surface area (Å²) >= 11 is 0. The van der Waals surface area contributed by atoms with Gasteiger partial charge >= 0.3 is 0 Å². The van der Waals surface area contributed by atoms with Crippen molar-refractivity contribution in [1.29, 1.82) is 0 Å². The van der Waals surface area contributed by atoms with Gasteiger partial charge in [0, 0.05) is 37.8 Å². The van der Waals surface area contributed by atoms with E-state index in [9.17, 15) is 4.79 Å². The van der Waals surface area contributed by atoms with Crippen molar-refractivity contribution in [3.8, 4) is 5.75 Å². The average Bonchev–Trinajstić information content (AvgIpc) is 3.69. The highest BCUT2D eigenvalue weighted by molar-refractivity contribution is 5.94. The second-order valence-electron chi connectivity index (χ2n) is 9.85. The van der Waals surface area contributed by atoms with Gasteiger partial charge in [0.05, 0.1) is 7.11 Å². The summed E-state index contributed by atoms with van der Waals surface area (Å²) in [5, 5.41) is 9.42. The van der Waals surface area contributed by atoms with E-state index >= 15 is 0 Å². The highest BCUT2D eigenvalue weighted by Crippen LogP contribution is 2.28. The van der Waals surface area contributed by atoms with Crippen LogP contribution in [0.25, 0.3) is 10.8 Å². The van der Waals surface area contributed by atoms with E-state index in [2.05, 4.69) is 51.9 Å². The quantitative estimate of drug-likeness (QED) is 0.487. The van der Waals surface area contributed by atoms with Gasteiger partial charge in [0.1, 0.15) is 5.75 Å². The highest BCUT2D eigenvalue weighted by atomic mass is 16.5. The number of ether oxygens (including phenoxy) is 1. The molecular weight excluding hydrogens is 422 g/mol. The summed E-state index contributed by atoms with van der Waals surface area (Å²) in [5.74, 6) is 1.60. The van der Waals surface area contributed by atoms with Crippen molar-refractivity contribution in [2.45, 2.75) is 44.8 Å². The van der Waals surface area contributed by atoms with E-state index in [0.717, 1.165) is 51.5 Å². The zero-order valence-corrected chi connectivity index (χ0v) is 20.1. The van der Waals surface area contributed by atoms with Crippen molar-refractivity contribution in [2.75, 3.05) is 26.7 Å². The number of nitrogens with one attached hydrogen (secondary N) is 2. The van der Waals surface area contributed by atoms with Gasteiger partial charge in [0.15, 0.2) is 0 Å². The number of nitrogens with zero attached hydrogens (tertiary/aromatic N) is 1. The first-order valence-corrected chi connectivity index (χ1v) is 12.6. The number of fused-ring (bicyclic) bond motifs is 1. The molecule has 2 aliphatic rings. The minimum absolute atomic E-state index is 0.0192. The van der Waals surface area contributed by atoms with E-state index in [1.807, 2.05) is 18.2 Å². The fourth-order valence-corrected chi connectivity index (χ4v) is 4.82. The van der Waals surface area contributed by atoms with Crippen LogP contribution in [0.1, 0.15) is 47.2 Å². The molecule has 1 amide bonds. The topological polar surface area (TPSA) is 53.6 Å². The second kappa shape index (κ2) is 10.6. The van der Waals surface area contributed by atoms with Gasteiger partial charge in [0.2, 0.25) is 0 Å². The molecule has 178 valence electrons. The maximum Gasteiger partial charge on any atom is 0.251 e. The van der Waals surface area contributed by atoms with Crippen LogP contribution in [-0.4, -0.2) is 43.6 Å². The Balaban J connectivity index is 1.13. The Morgan fingerprint density at radius 2 is 1.71 bits per heavy atom. The summed E-state index contributed by atoms with van der Waals surface area (Å²) in [6, 6.07) is 21.2. The van der Waals surface area contributed by atoms with Crippen LogP contribution in [0.2, 0.25) is 0 Å². The number of rotatable bonds is 9. The van der Waals surface area contributed by atoms with Crippen molar-refractivity contribution >= 4 is 16.7 Å². The second-order valence-corrected chi connectivity index (χ2v) is 9.85. The number of methoxy groups -OCH3 is 1. The Morgan fingerprint density at radius 3 is 2.47 bits per heavy atom. The van der Waals surface area contributed by atoms with Gasteiger partial charge in [0.25, 0.3) is 5.91 Å². The van der Waals surface area contributed by atoms with E-state index in [4.69, 9.17) is 4.74 Å². The van der Waals surface area contributed by atoms with E-state index in [0.29, 0.717) is 11.3 Å². The van der Waals surface area contributed by atoms with Gasteiger partial charge in [-0.3, -0.25) is 9.69 Å². The molecule has 0 radical (unpaired) electrons. The standard InChI is InChI=1S/C29H35N3O2/c1-34-28-4-2-3-25(17-28)29(33)31-27-11-13-32(14-12-27)20-23-8-10-24-9-7-22(15-26(24)16-23)19-30-18-21-5-6-21/h2-4,7-10,15-17,21,27,30H,5-6,11-14,18-20H2,1H3,(H,31,33). The molecule has 5 heteroatoms. The van der Waals surface area contributed by atoms with Crippen molar-refractivity contribution in [3.05, 3.63) is 77.4 Å². The number of hydrogen-bond acceptors (Lipinski definition) is 4. The molecule has 1 aliphatic heterocycles. The number of likely N-dealkylation sites (tertiary alicyclic amines) is 1. The Morgan fingerprint density at radius 1 is 0.941 bits per heavy atom. The Hall–Kier alpha value is -2.89. The van der Waals surface area contributed by atoms with Gasteiger partial charge < -0.3 is 15.4 Å². The maximum absolute atomic E-state index is 12.6. The molecular formula is C29H35N3O2. The molecule has 1 saturated carbocycles. The van der Waals surface area contributed by atoms with Crippen LogP contribution in [0.4, 0.5) is 0 Å². The average molecular weight is 458 g/mol. The monoisotopic (exact) mass is 457 g/mol. The first-order chi connectivity index (χ1) is 16.7. The molecule has 3 aromatic rings. The van der Waals surface area contributed by atoms with Crippen molar-refractivity contribution in [2.24, 2.45) is 5.92 Å². The first-order valence-electron chi connectivity index (χ1n) is 12.6. The third-order valence-corrected chi connectivity index (χ3v) is 7.09. The minimum atomic E-state index is -0.0192. The maximum atomic E-state index is 12.6. The number of benzene rings is 3. The van der Waals surface area contributed by atoms with E-state index in [-0.39, 0.29) is 11.9 Å². The molecule has 34 heavy (non-hydrogen) atoms. The summed E-state index contributed by atoms with van der Waals surface area (Å²) in [6.07, 6.45) is 4.72. The summed E-state index contributed by atoms with van der Waals surface area (Å²) in [5.41, 5.74) is 3.37. The summed E-state index contributed by atoms with van der Waals surface area (Å²) in [6.45, 7) is 5.04. The van der Waals surface area contributed by atoms with Gasteiger partial charge in [-0.2, -0.15) is 0 Å². The molecule has 5 rings (SSSR count). The molecule has 1 heterocycles. The Bertz CT molecular complexity index is 1130. The molecule has 5 nitrogen and oxygen atoms in total. The van der Waals surface area contributed by atoms with Crippen LogP contribution in [0.5, 0.6) is 5.75 Å². The van der Waals surface area contributed by atoms with Crippen molar-refractivity contribution in [1.82, 2.24) is 15.5 Å². The number of carbonyl (C=O) groups is 1. The molecule has 2 N–H and O–H groups in total. The van der Waals surface area contributed by atoms with Gasteiger partial charge in [-0.15, -0.1) is 0 Å². The molecule has 0 unspecified atom stereocenters. The van der Waals surface area contributed by atoms with Gasteiger partial charge in [-0.05, 0) is 90.4 Å². The lowest BCUT2D eigenvalue weighted by Crippen LogP contribution is -2.44. The zero-order chi connectivity index (χ0) is 23.3. The molecule has 2 fully saturated rings. The van der Waals surface area contributed by atoms with Crippen molar-refractivity contribution in [3.63, 3.8) is 0 Å². The molecule has 0 aromatic heterocycles. The third kappa shape index (κ3) is 5.96. The fraction of sp³-hybridized carbons (Fsp3) is 0.414. The third-order valence-electron chi connectivity index (χ3n) is 7.09. The summed E-state index contributed by atoms with van der Waals surface area (Å²) in [7, 11) is 1.62. The Kier molecular flexibility index (Phi) is 7.12. The lowest BCUT2D eigenvalue weighted by atomic mass is 10.0. The lowest BCUT2D eigenvalue weighted by Gasteiger charge is -2.32. The number of amides is 1. The van der Waals surface area contributed by atoms with E-state index in [1.165, 1.54) is 34.7 Å². The zero-order valence-electron chi connectivity index (χ0n) is 20.1. The van der Waals surface area contributed by atoms with Crippen LogP contribution in [-0.2, 0) is 13.1 Å². The lowest BCUT2D eigenvalue weighted by molar-refractivity contribution is 0.0908. The van der Waals surface area contributed by atoms with Crippen LogP contribution >= 0.6 is 0 Å². The molecule has 1 aliphatic carbocycles. The minimum Gasteiger partial charge on any atom is -0.497 e. The molecule has 3 aromatic carbocycles. The van der Waals surface area contributed by atoms with Crippen LogP contribution in [0, 0.1) is 5.92 Å². The number of carbonyl (C=O) groups excluding carboxylic acids is 1. The van der Waals surface area contributed by atoms with E-state index in [1.54, 1.807) is 13.2 Å². The van der Waals surface area contributed by atoms with Crippen LogP contribution in [0.15, 0.2) is 60.7 Å². The largest absolute Gasteiger partial charge is 0.497 e. The van der Waals surface area contributed by atoms with E-state index < -0.39 is 0 Å². The predicted molar refractivity (Wildman–Crippen MR) is 137 cm³/mol. The number of hydrogen-bond donors (Lipinski definition) is 2. The fourth-order valence-electron chi connectivity index (χ4n) is 4.82. The molecule has 0 spiro atoms. The molecule has 0 atom stereocenters. The predicted octanol–water partition coefficient (Wildman–Crippen LogP) is 4.74. The Labute approximate surface area is 202 Å². The van der Waals surface area contributed by atoms with Crippen molar-refractivity contribution < 1.29 is 9.53 Å². The van der Waals surface area contributed by atoms with Crippen LogP contribution < -0.4 is 15.4 Å². The normalized spacial score (nSPS) is 17.1. The number of piperidine rings is 1. The molecule has 1 saturated heterocycles. The summed E-state index contributed by atoms with van der Waals surface area (Å²) < 4.78 is 5.24. The smallest absolute Gasteiger partial charge is 0.251 e. The highest BCUT2D eigenvalue weighted by Gasteiger charge is 2.22. The SMILES string of the molecule is COc1cccc(C(=O)NC2CCN(Cc3ccc4ccc(CNCC5CC5)cc4c3)CC2)c1. The van der Waals surface area contributed by atoms with Gasteiger partial charge in [-0.1, -0.05) is 30.3 Å².